The molecular weight excluding hydrogens is 351 g/mol. The zero-order valence-corrected chi connectivity index (χ0v) is 14.8. The second-order valence-corrected chi connectivity index (χ2v) is 6.37. The van der Waals surface area contributed by atoms with E-state index in [1.54, 1.807) is 36.5 Å². The lowest BCUT2D eigenvalue weighted by Crippen LogP contribution is -2.30. The lowest BCUT2D eigenvalue weighted by Gasteiger charge is -2.17. The van der Waals surface area contributed by atoms with Gasteiger partial charge >= 0.3 is 0 Å². The summed E-state index contributed by atoms with van der Waals surface area (Å²) >= 11 is 5.96. The molecule has 0 fully saturated rings. The monoisotopic (exact) mass is 368 g/mol. The molecule has 0 aliphatic rings. The van der Waals surface area contributed by atoms with Crippen LogP contribution in [0.4, 0.5) is 4.39 Å². The number of nitrogens with zero attached hydrogens (tertiary/aromatic N) is 1. The third-order valence-electron chi connectivity index (χ3n) is 4.14. The highest BCUT2D eigenvalue weighted by Crippen LogP contribution is 2.23. The van der Waals surface area contributed by atoms with E-state index in [2.05, 4.69) is 10.3 Å². The van der Waals surface area contributed by atoms with Gasteiger partial charge < -0.3 is 5.32 Å². The molecule has 1 atom stereocenters. The largest absolute Gasteiger partial charge is 0.351 e. The van der Waals surface area contributed by atoms with Crippen LogP contribution in [0.5, 0.6) is 0 Å². The number of hydrogen-bond acceptors (Lipinski definition) is 2. The maximum atomic E-state index is 13.8. The van der Waals surface area contributed by atoms with E-state index in [0.717, 1.165) is 11.3 Å². The molecule has 3 nitrogen and oxygen atoms in total. The summed E-state index contributed by atoms with van der Waals surface area (Å²) < 4.78 is 13.8. The van der Waals surface area contributed by atoms with Crippen LogP contribution in [0.1, 0.15) is 22.7 Å². The van der Waals surface area contributed by atoms with Crippen LogP contribution in [0.25, 0.3) is 0 Å². The Balaban J connectivity index is 1.78. The van der Waals surface area contributed by atoms with E-state index in [9.17, 15) is 9.18 Å². The molecule has 1 aromatic heterocycles. The van der Waals surface area contributed by atoms with Crippen LogP contribution in [0.3, 0.4) is 0 Å². The lowest BCUT2D eigenvalue weighted by atomic mass is 9.93. The molecule has 2 aromatic carbocycles. The summed E-state index contributed by atoms with van der Waals surface area (Å²) in [7, 11) is 0. The van der Waals surface area contributed by atoms with E-state index in [1.807, 2.05) is 30.3 Å². The Labute approximate surface area is 156 Å². The van der Waals surface area contributed by atoms with Crippen LogP contribution in [-0.4, -0.2) is 10.9 Å². The van der Waals surface area contributed by atoms with Gasteiger partial charge in [-0.25, -0.2) is 4.39 Å². The van der Waals surface area contributed by atoms with Crippen LogP contribution in [-0.2, 0) is 17.8 Å². The number of carbonyl (C=O) groups is 1. The van der Waals surface area contributed by atoms with Gasteiger partial charge in [0.25, 0.3) is 0 Å². The molecule has 0 radical (unpaired) electrons. The number of amides is 1. The van der Waals surface area contributed by atoms with Gasteiger partial charge in [0, 0.05) is 35.4 Å². The van der Waals surface area contributed by atoms with E-state index >= 15 is 0 Å². The van der Waals surface area contributed by atoms with Crippen molar-refractivity contribution in [2.24, 2.45) is 0 Å². The summed E-state index contributed by atoms with van der Waals surface area (Å²) in [6, 6.07) is 19.2. The first-order chi connectivity index (χ1) is 12.6. The molecule has 1 amide bonds. The minimum absolute atomic E-state index is 0.137. The van der Waals surface area contributed by atoms with Gasteiger partial charge in [0.1, 0.15) is 5.82 Å². The van der Waals surface area contributed by atoms with Crippen molar-refractivity contribution < 1.29 is 9.18 Å². The maximum absolute atomic E-state index is 13.8. The van der Waals surface area contributed by atoms with Crippen molar-refractivity contribution in [1.82, 2.24) is 10.3 Å². The van der Waals surface area contributed by atoms with E-state index < -0.39 is 5.92 Å². The smallest absolute Gasteiger partial charge is 0.228 e. The second kappa shape index (κ2) is 8.59. The number of carbonyl (C=O) groups excluding carboxylic acids is 1. The predicted molar refractivity (Wildman–Crippen MR) is 100 cm³/mol. The molecule has 0 saturated heterocycles. The molecule has 1 heterocycles. The van der Waals surface area contributed by atoms with E-state index in [0.29, 0.717) is 17.0 Å². The molecule has 1 unspecified atom stereocenters. The summed E-state index contributed by atoms with van der Waals surface area (Å²) in [5, 5.41) is 3.44. The highest BCUT2D eigenvalue weighted by atomic mass is 35.5. The summed E-state index contributed by atoms with van der Waals surface area (Å²) in [5.41, 5.74) is 2.10. The minimum Gasteiger partial charge on any atom is -0.351 e. The van der Waals surface area contributed by atoms with Gasteiger partial charge in [0.05, 0.1) is 5.92 Å². The number of rotatable bonds is 6. The Hall–Kier alpha value is -2.72. The second-order valence-electron chi connectivity index (χ2n) is 5.94. The zero-order chi connectivity index (χ0) is 18.4. The number of aromatic nitrogens is 1. The topological polar surface area (TPSA) is 42.0 Å². The number of halogens is 2. The Kier molecular flexibility index (Phi) is 5.97. The van der Waals surface area contributed by atoms with Gasteiger partial charge in [-0.2, -0.15) is 0 Å². The summed E-state index contributed by atoms with van der Waals surface area (Å²) in [6.07, 6.45) is 2.15. The molecule has 0 bridgehead atoms. The average Bonchev–Trinajstić information content (AvgIpc) is 2.67. The molecule has 26 heavy (non-hydrogen) atoms. The van der Waals surface area contributed by atoms with Gasteiger partial charge in [-0.1, -0.05) is 48.0 Å². The van der Waals surface area contributed by atoms with Crippen molar-refractivity contribution in [3.63, 3.8) is 0 Å². The zero-order valence-electron chi connectivity index (χ0n) is 14.0. The molecule has 0 aliphatic carbocycles. The quantitative estimate of drug-likeness (QED) is 0.695. The molecule has 1 N–H and O–H groups in total. The van der Waals surface area contributed by atoms with Crippen LogP contribution < -0.4 is 5.32 Å². The fourth-order valence-electron chi connectivity index (χ4n) is 2.73. The van der Waals surface area contributed by atoms with Gasteiger partial charge in [-0.05, 0) is 35.9 Å². The van der Waals surface area contributed by atoms with E-state index in [1.165, 1.54) is 6.07 Å². The van der Waals surface area contributed by atoms with Crippen LogP contribution in [0, 0.1) is 5.82 Å². The Morgan fingerprint density at radius 1 is 1.04 bits per heavy atom. The lowest BCUT2D eigenvalue weighted by molar-refractivity contribution is -0.122. The van der Waals surface area contributed by atoms with Crippen LogP contribution in [0.15, 0.2) is 72.9 Å². The van der Waals surface area contributed by atoms with Crippen molar-refractivity contribution in [2.75, 3.05) is 0 Å². The first kappa shape index (κ1) is 18.1. The first-order valence-corrected chi connectivity index (χ1v) is 8.68. The Morgan fingerprint density at radius 2 is 1.77 bits per heavy atom. The van der Waals surface area contributed by atoms with Crippen LogP contribution in [0.2, 0.25) is 5.02 Å². The number of pyridine rings is 1. The van der Waals surface area contributed by atoms with Gasteiger partial charge in [-0.3, -0.25) is 9.78 Å². The first-order valence-electron chi connectivity index (χ1n) is 8.30. The van der Waals surface area contributed by atoms with Crippen molar-refractivity contribution in [3.05, 3.63) is 101 Å². The SMILES string of the molecule is O=C(NCc1ccccc1F)C(Cc1ccccn1)c1ccc(Cl)cc1. The highest BCUT2D eigenvalue weighted by Gasteiger charge is 2.22. The standard InChI is InChI=1S/C21H18ClFN2O/c22-17-10-8-15(9-11-17)19(13-18-6-3-4-12-24-18)21(26)25-14-16-5-1-2-7-20(16)23/h1-12,19H,13-14H2,(H,25,26). The van der Waals surface area contributed by atoms with Crippen molar-refractivity contribution >= 4 is 17.5 Å². The molecule has 3 rings (SSSR count). The van der Waals surface area contributed by atoms with Crippen molar-refractivity contribution in [2.45, 2.75) is 18.9 Å². The molecule has 0 spiro atoms. The van der Waals surface area contributed by atoms with E-state index in [4.69, 9.17) is 11.6 Å². The summed E-state index contributed by atoms with van der Waals surface area (Å²) in [4.78, 5) is 17.1. The molecule has 5 heteroatoms. The molecular formula is C21H18ClFN2O. The number of hydrogen-bond donors (Lipinski definition) is 1. The Morgan fingerprint density at radius 3 is 2.46 bits per heavy atom. The Bertz CT molecular complexity index is 869. The number of benzene rings is 2. The van der Waals surface area contributed by atoms with Crippen LogP contribution >= 0.6 is 11.6 Å². The minimum atomic E-state index is -0.436. The molecule has 132 valence electrons. The third kappa shape index (κ3) is 4.67. The fourth-order valence-corrected chi connectivity index (χ4v) is 2.86. The molecule has 0 saturated carbocycles. The fraction of sp³-hybridized carbons (Fsp3) is 0.143. The van der Waals surface area contributed by atoms with E-state index in [-0.39, 0.29) is 18.3 Å². The third-order valence-corrected chi connectivity index (χ3v) is 4.39. The predicted octanol–water partition coefficient (Wildman–Crippen LogP) is 4.52. The van der Waals surface area contributed by atoms with Gasteiger partial charge in [0.15, 0.2) is 0 Å². The normalized spacial score (nSPS) is 11.8. The van der Waals surface area contributed by atoms with Crippen molar-refractivity contribution in [1.29, 1.82) is 0 Å². The van der Waals surface area contributed by atoms with Crippen molar-refractivity contribution in [3.8, 4) is 0 Å². The average molecular weight is 369 g/mol. The molecule has 3 aromatic rings. The summed E-state index contributed by atoms with van der Waals surface area (Å²) in [6.45, 7) is 0.137. The van der Waals surface area contributed by atoms with Gasteiger partial charge in [-0.15, -0.1) is 0 Å². The number of nitrogens with one attached hydrogen (secondary N) is 1. The summed E-state index contributed by atoms with van der Waals surface area (Å²) in [5.74, 6) is -0.948. The maximum Gasteiger partial charge on any atom is 0.228 e. The highest BCUT2D eigenvalue weighted by molar-refractivity contribution is 6.30. The van der Waals surface area contributed by atoms with Gasteiger partial charge in [0.2, 0.25) is 5.91 Å². The molecule has 0 aliphatic heterocycles.